The molecule has 0 unspecified atom stereocenters. The molecule has 1 heterocycles. The molecule has 0 atom stereocenters. The summed E-state index contributed by atoms with van der Waals surface area (Å²) in [5.74, 6) is -0.107. The number of nitrogens with zero attached hydrogens (tertiary/aromatic N) is 3. The number of halogens is 4. The molecule has 43 heavy (non-hydrogen) atoms. The Hall–Kier alpha value is -4.97. The first-order chi connectivity index (χ1) is 20.6. The largest absolute Gasteiger partial charge is 0.493 e. The summed E-state index contributed by atoms with van der Waals surface area (Å²) in [5.41, 5.74) is -0.260. The van der Waals surface area contributed by atoms with Gasteiger partial charge in [-0.05, 0) is 48.5 Å². The number of alkyl halides is 3. The van der Waals surface area contributed by atoms with Gasteiger partial charge in [0.2, 0.25) is 0 Å². The lowest BCUT2D eigenvalue weighted by Crippen LogP contribution is -2.21. The number of nitrogens with one attached hydrogen (secondary N) is 1. The number of methoxy groups -OCH3 is 1. The molecule has 218 valence electrons. The third-order valence-corrected chi connectivity index (χ3v) is 6.65. The van der Waals surface area contributed by atoms with Crippen molar-refractivity contribution >= 4 is 44.6 Å². The molecule has 0 saturated carbocycles. The van der Waals surface area contributed by atoms with Crippen LogP contribution in [0.3, 0.4) is 0 Å². The lowest BCUT2D eigenvalue weighted by molar-refractivity contribution is -0.137. The lowest BCUT2D eigenvalue weighted by Gasteiger charge is -2.15. The predicted octanol–water partition coefficient (Wildman–Crippen LogP) is 6.75. The van der Waals surface area contributed by atoms with E-state index in [0.29, 0.717) is 21.2 Å². The molecule has 0 saturated heterocycles. The molecule has 1 N–H and O–H groups in total. The Morgan fingerprint density at radius 3 is 2.51 bits per heavy atom. The summed E-state index contributed by atoms with van der Waals surface area (Å²) in [4.78, 5) is 30.6. The fourth-order valence-electron chi connectivity index (χ4n) is 4.22. The van der Waals surface area contributed by atoms with E-state index in [1.54, 1.807) is 60.7 Å². The van der Waals surface area contributed by atoms with Crippen LogP contribution in [0.25, 0.3) is 22.3 Å². The van der Waals surface area contributed by atoms with Crippen molar-refractivity contribution in [1.82, 2.24) is 9.66 Å². The van der Waals surface area contributed by atoms with Crippen molar-refractivity contribution in [1.29, 1.82) is 0 Å². The molecule has 0 spiro atoms. The van der Waals surface area contributed by atoms with Crippen molar-refractivity contribution in [2.24, 2.45) is 5.10 Å². The average molecular weight is 651 g/mol. The van der Waals surface area contributed by atoms with Crippen LogP contribution in [-0.4, -0.2) is 35.5 Å². The summed E-state index contributed by atoms with van der Waals surface area (Å²) >= 11 is 3.40. The topological polar surface area (TPSA) is 94.8 Å². The smallest absolute Gasteiger partial charge is 0.416 e. The van der Waals surface area contributed by atoms with Gasteiger partial charge in [-0.1, -0.05) is 58.4 Å². The monoisotopic (exact) mass is 650 g/mol. The Bertz CT molecular complexity index is 1890. The van der Waals surface area contributed by atoms with Crippen molar-refractivity contribution in [2.45, 2.75) is 6.18 Å². The van der Waals surface area contributed by atoms with Gasteiger partial charge in [0.25, 0.3) is 11.5 Å². The van der Waals surface area contributed by atoms with E-state index in [1.807, 2.05) is 6.07 Å². The van der Waals surface area contributed by atoms with Crippen LogP contribution in [0.15, 0.2) is 105 Å². The molecule has 0 bridgehead atoms. The number of carbonyl (C=O) groups excluding carboxylic acids is 1. The SMILES string of the molecule is COc1cc(Br)cc(C=Nn2c(-c3cccc(C(F)(F)F)c3)nc3ccccc3c2=O)c1OCC(=O)Nc1ccccc1. The minimum Gasteiger partial charge on any atom is -0.493 e. The van der Waals surface area contributed by atoms with Gasteiger partial charge < -0.3 is 14.8 Å². The standard InChI is InChI=1S/C31H22BrF3N4O4/c1-42-26-16-22(32)15-20(28(26)43-18-27(40)37-23-10-3-2-4-11-23)17-36-39-29(19-8-7-9-21(14-19)31(33,34)35)38-25-13-6-5-12-24(25)30(39)41/h2-17H,18H2,1H3,(H,37,40). The maximum Gasteiger partial charge on any atom is 0.416 e. The molecular formula is C31H22BrF3N4O4. The molecule has 0 fully saturated rings. The van der Waals surface area contributed by atoms with E-state index < -0.39 is 23.2 Å². The first-order valence-corrected chi connectivity index (χ1v) is 13.5. The highest BCUT2D eigenvalue weighted by atomic mass is 79.9. The maximum atomic E-state index is 13.6. The summed E-state index contributed by atoms with van der Waals surface area (Å²) in [6, 6.07) is 23.0. The molecule has 0 radical (unpaired) electrons. The summed E-state index contributed by atoms with van der Waals surface area (Å²) in [5, 5.41) is 7.29. The minimum atomic E-state index is -4.60. The Morgan fingerprint density at radius 2 is 1.77 bits per heavy atom. The number of hydrogen-bond donors (Lipinski definition) is 1. The first kappa shape index (κ1) is 29.5. The van der Waals surface area contributed by atoms with Gasteiger partial charge in [0.15, 0.2) is 23.9 Å². The zero-order valence-electron chi connectivity index (χ0n) is 22.4. The van der Waals surface area contributed by atoms with Gasteiger partial charge in [0.1, 0.15) is 0 Å². The predicted molar refractivity (Wildman–Crippen MR) is 161 cm³/mol. The van der Waals surface area contributed by atoms with Crippen molar-refractivity contribution in [3.63, 3.8) is 0 Å². The normalized spacial score (nSPS) is 11.6. The van der Waals surface area contributed by atoms with Gasteiger partial charge >= 0.3 is 6.18 Å². The van der Waals surface area contributed by atoms with E-state index in [0.717, 1.165) is 16.8 Å². The molecule has 5 rings (SSSR count). The molecular weight excluding hydrogens is 629 g/mol. The Morgan fingerprint density at radius 1 is 1.02 bits per heavy atom. The van der Waals surface area contributed by atoms with Gasteiger partial charge in [-0.25, -0.2) is 4.98 Å². The number of rotatable bonds is 8. The number of ether oxygens (including phenoxy) is 2. The van der Waals surface area contributed by atoms with Gasteiger partial charge in [-0.2, -0.15) is 22.9 Å². The molecule has 0 aliphatic rings. The Balaban J connectivity index is 1.57. The number of hydrogen-bond acceptors (Lipinski definition) is 6. The number of aromatic nitrogens is 2. The second kappa shape index (κ2) is 12.5. The van der Waals surface area contributed by atoms with Crippen molar-refractivity contribution in [3.05, 3.63) is 117 Å². The number of benzene rings is 4. The number of fused-ring (bicyclic) bond motifs is 1. The van der Waals surface area contributed by atoms with Crippen LogP contribution < -0.4 is 20.3 Å². The van der Waals surface area contributed by atoms with Crippen LogP contribution in [0, 0.1) is 0 Å². The Labute approximate surface area is 251 Å². The van der Waals surface area contributed by atoms with Crippen molar-refractivity contribution in [3.8, 4) is 22.9 Å². The molecule has 1 aromatic heterocycles. The number of para-hydroxylation sites is 2. The quantitative estimate of drug-likeness (QED) is 0.187. The molecule has 12 heteroatoms. The van der Waals surface area contributed by atoms with Gasteiger partial charge in [0.05, 0.1) is 29.8 Å². The summed E-state index contributed by atoms with van der Waals surface area (Å²) in [7, 11) is 1.42. The zero-order valence-corrected chi connectivity index (χ0v) is 24.0. The van der Waals surface area contributed by atoms with E-state index in [4.69, 9.17) is 9.47 Å². The fraction of sp³-hybridized carbons (Fsp3) is 0.0968. The summed E-state index contributed by atoms with van der Waals surface area (Å²) < 4.78 is 53.3. The third kappa shape index (κ3) is 6.75. The first-order valence-electron chi connectivity index (χ1n) is 12.7. The van der Waals surface area contributed by atoms with E-state index in [1.165, 1.54) is 25.5 Å². The van der Waals surface area contributed by atoms with E-state index in [2.05, 4.69) is 31.3 Å². The van der Waals surface area contributed by atoms with Crippen LogP contribution in [0.1, 0.15) is 11.1 Å². The van der Waals surface area contributed by atoms with Crippen LogP contribution in [0.4, 0.5) is 18.9 Å². The summed E-state index contributed by atoms with van der Waals surface area (Å²) in [6.07, 6.45) is -3.32. The minimum absolute atomic E-state index is 0.0377. The average Bonchev–Trinajstić information content (AvgIpc) is 2.99. The Kier molecular flexibility index (Phi) is 8.58. The van der Waals surface area contributed by atoms with Crippen LogP contribution in [0.2, 0.25) is 0 Å². The number of carbonyl (C=O) groups is 1. The van der Waals surface area contributed by atoms with E-state index in [9.17, 15) is 22.8 Å². The maximum absolute atomic E-state index is 13.6. The highest BCUT2D eigenvalue weighted by Crippen LogP contribution is 2.35. The van der Waals surface area contributed by atoms with Crippen molar-refractivity contribution in [2.75, 3.05) is 19.0 Å². The molecule has 0 aliphatic heterocycles. The second-order valence-electron chi connectivity index (χ2n) is 9.12. The lowest BCUT2D eigenvalue weighted by atomic mass is 10.1. The van der Waals surface area contributed by atoms with Gasteiger partial charge in [-0.3, -0.25) is 9.59 Å². The third-order valence-electron chi connectivity index (χ3n) is 6.19. The van der Waals surface area contributed by atoms with E-state index >= 15 is 0 Å². The molecule has 1 amide bonds. The van der Waals surface area contributed by atoms with Crippen LogP contribution in [0.5, 0.6) is 11.5 Å². The fourth-order valence-corrected chi connectivity index (χ4v) is 4.67. The van der Waals surface area contributed by atoms with Gasteiger partial charge in [-0.15, -0.1) is 0 Å². The second-order valence-corrected chi connectivity index (χ2v) is 10.0. The van der Waals surface area contributed by atoms with Crippen molar-refractivity contribution < 1.29 is 27.4 Å². The highest BCUT2D eigenvalue weighted by molar-refractivity contribution is 9.10. The summed E-state index contributed by atoms with van der Waals surface area (Å²) in [6.45, 7) is -0.374. The molecule has 5 aromatic rings. The molecule has 8 nitrogen and oxygen atoms in total. The van der Waals surface area contributed by atoms with Crippen LogP contribution >= 0.6 is 15.9 Å². The number of amides is 1. The number of anilines is 1. The van der Waals surface area contributed by atoms with Crippen LogP contribution in [-0.2, 0) is 11.0 Å². The molecule has 4 aromatic carbocycles. The highest BCUT2D eigenvalue weighted by Gasteiger charge is 2.31. The zero-order chi connectivity index (χ0) is 30.6. The van der Waals surface area contributed by atoms with E-state index in [-0.39, 0.29) is 34.9 Å². The van der Waals surface area contributed by atoms with Gasteiger partial charge in [0, 0.05) is 21.3 Å². The molecule has 0 aliphatic carbocycles.